The van der Waals surface area contributed by atoms with Crippen molar-refractivity contribution < 1.29 is 4.79 Å². The van der Waals surface area contributed by atoms with Gasteiger partial charge in [0.2, 0.25) is 6.41 Å². The zero-order chi connectivity index (χ0) is 7.40. The molecule has 0 aliphatic carbocycles. The van der Waals surface area contributed by atoms with Crippen molar-refractivity contribution in [1.29, 1.82) is 0 Å². The Morgan fingerprint density at radius 1 is 1.90 bits per heavy atom. The fraction of sp³-hybridized carbons (Fsp3) is 0.333. The molecule has 10 heavy (non-hydrogen) atoms. The Labute approximate surface area is 63.1 Å². The molecule has 0 bridgehead atoms. The Morgan fingerprint density at radius 2 is 2.70 bits per heavy atom. The van der Waals surface area contributed by atoms with E-state index < -0.39 is 0 Å². The minimum Gasteiger partial charge on any atom is -0.352 e. The molecule has 0 aromatic carbocycles. The van der Waals surface area contributed by atoms with E-state index in [-0.39, 0.29) is 0 Å². The molecule has 54 valence electrons. The van der Waals surface area contributed by atoms with Crippen LogP contribution in [0, 0.1) is 6.92 Å². The summed E-state index contributed by atoms with van der Waals surface area (Å²) in [6, 6.07) is 0. The number of thiazole rings is 1. The highest BCUT2D eigenvalue weighted by molar-refractivity contribution is 7.11. The number of aryl methyl sites for hydroxylation is 1. The Kier molecular flexibility index (Phi) is 2.39. The van der Waals surface area contributed by atoms with Gasteiger partial charge in [0.25, 0.3) is 0 Å². The predicted molar refractivity (Wildman–Crippen MR) is 39.8 cm³/mol. The van der Waals surface area contributed by atoms with Gasteiger partial charge >= 0.3 is 0 Å². The summed E-state index contributed by atoms with van der Waals surface area (Å²) < 4.78 is 0. The molecule has 3 nitrogen and oxygen atoms in total. The van der Waals surface area contributed by atoms with Crippen molar-refractivity contribution in [3.05, 3.63) is 16.1 Å². The number of carbonyl (C=O) groups is 1. The quantitative estimate of drug-likeness (QED) is 0.654. The average molecular weight is 156 g/mol. The molecule has 0 radical (unpaired) electrons. The number of hydrogen-bond acceptors (Lipinski definition) is 3. The molecule has 1 aromatic rings. The van der Waals surface area contributed by atoms with Crippen molar-refractivity contribution in [1.82, 2.24) is 10.3 Å². The SMILES string of the molecule is Cc1cnc(CNC=O)s1. The van der Waals surface area contributed by atoms with Crippen LogP contribution in [0.15, 0.2) is 6.20 Å². The van der Waals surface area contributed by atoms with Crippen LogP contribution in [0.25, 0.3) is 0 Å². The second-order valence-electron chi connectivity index (χ2n) is 1.86. The second kappa shape index (κ2) is 3.31. The molecule has 0 saturated heterocycles. The van der Waals surface area contributed by atoms with Crippen LogP contribution in [-0.4, -0.2) is 11.4 Å². The smallest absolute Gasteiger partial charge is 0.207 e. The van der Waals surface area contributed by atoms with Gasteiger partial charge in [0.15, 0.2) is 0 Å². The predicted octanol–water partition coefficient (Wildman–Crippen LogP) is 0.698. The zero-order valence-corrected chi connectivity index (χ0v) is 6.44. The minimum absolute atomic E-state index is 0.544. The molecule has 0 aliphatic rings. The number of nitrogens with zero attached hydrogens (tertiary/aromatic N) is 1. The van der Waals surface area contributed by atoms with Gasteiger partial charge in [-0.15, -0.1) is 11.3 Å². The maximum absolute atomic E-state index is 9.85. The summed E-state index contributed by atoms with van der Waals surface area (Å²) >= 11 is 1.60. The Hall–Kier alpha value is -0.900. The standard InChI is InChI=1S/C6H8N2OS/c1-5-2-8-6(10-5)3-7-4-9/h2,4H,3H2,1H3,(H,7,9). The zero-order valence-electron chi connectivity index (χ0n) is 5.63. The highest BCUT2D eigenvalue weighted by Crippen LogP contribution is 2.09. The molecule has 1 aromatic heterocycles. The van der Waals surface area contributed by atoms with E-state index in [1.165, 1.54) is 4.88 Å². The van der Waals surface area contributed by atoms with Crippen molar-refractivity contribution >= 4 is 17.7 Å². The molecule has 0 aliphatic heterocycles. The molecular formula is C6H8N2OS. The van der Waals surface area contributed by atoms with Crippen LogP contribution in [0.3, 0.4) is 0 Å². The summed E-state index contributed by atoms with van der Waals surface area (Å²) in [5.41, 5.74) is 0. The first-order valence-electron chi connectivity index (χ1n) is 2.91. The molecule has 0 atom stereocenters. The summed E-state index contributed by atoms with van der Waals surface area (Å²) in [7, 11) is 0. The summed E-state index contributed by atoms with van der Waals surface area (Å²) in [4.78, 5) is 15.1. The first kappa shape index (κ1) is 7.21. The lowest BCUT2D eigenvalue weighted by molar-refractivity contribution is -0.109. The van der Waals surface area contributed by atoms with Crippen LogP contribution >= 0.6 is 11.3 Å². The minimum atomic E-state index is 0.544. The van der Waals surface area contributed by atoms with Crippen molar-refractivity contribution in [2.45, 2.75) is 13.5 Å². The van der Waals surface area contributed by atoms with Gasteiger partial charge in [0.1, 0.15) is 5.01 Å². The van der Waals surface area contributed by atoms with Gasteiger partial charge in [-0.1, -0.05) is 0 Å². The van der Waals surface area contributed by atoms with Gasteiger partial charge in [-0.2, -0.15) is 0 Å². The maximum atomic E-state index is 9.85. The van der Waals surface area contributed by atoms with E-state index in [1.54, 1.807) is 17.5 Å². The summed E-state index contributed by atoms with van der Waals surface area (Å²) in [5, 5.41) is 3.49. The van der Waals surface area contributed by atoms with Gasteiger partial charge < -0.3 is 5.32 Å². The fourth-order valence-corrected chi connectivity index (χ4v) is 1.35. The number of aromatic nitrogens is 1. The molecule has 0 fully saturated rings. The molecule has 0 saturated carbocycles. The average Bonchev–Trinajstić information content (AvgIpc) is 2.31. The van der Waals surface area contributed by atoms with Crippen molar-refractivity contribution in [2.75, 3.05) is 0 Å². The van der Waals surface area contributed by atoms with E-state index in [0.29, 0.717) is 13.0 Å². The summed E-state index contributed by atoms with van der Waals surface area (Å²) in [6.07, 6.45) is 2.48. The molecule has 1 heterocycles. The van der Waals surface area contributed by atoms with E-state index in [4.69, 9.17) is 0 Å². The van der Waals surface area contributed by atoms with Crippen LogP contribution < -0.4 is 5.32 Å². The Balaban J connectivity index is 2.49. The monoisotopic (exact) mass is 156 g/mol. The molecule has 0 unspecified atom stereocenters. The largest absolute Gasteiger partial charge is 0.352 e. The molecule has 1 rings (SSSR count). The lowest BCUT2D eigenvalue weighted by Crippen LogP contribution is -2.08. The number of nitrogens with one attached hydrogen (secondary N) is 1. The Bertz CT molecular complexity index is 221. The first-order chi connectivity index (χ1) is 4.83. The normalized spacial score (nSPS) is 9.30. The summed E-state index contributed by atoms with van der Waals surface area (Å²) in [6.45, 7) is 2.53. The van der Waals surface area contributed by atoms with Crippen LogP contribution in [0.2, 0.25) is 0 Å². The number of amides is 1. The van der Waals surface area contributed by atoms with E-state index in [9.17, 15) is 4.79 Å². The number of carbonyl (C=O) groups excluding carboxylic acids is 1. The highest BCUT2D eigenvalue weighted by atomic mass is 32.1. The highest BCUT2D eigenvalue weighted by Gasteiger charge is 1.94. The van der Waals surface area contributed by atoms with Crippen LogP contribution in [0.1, 0.15) is 9.88 Å². The van der Waals surface area contributed by atoms with Gasteiger partial charge in [-0.3, -0.25) is 4.79 Å². The fourth-order valence-electron chi connectivity index (χ4n) is 0.612. The van der Waals surface area contributed by atoms with Crippen molar-refractivity contribution in [3.8, 4) is 0 Å². The van der Waals surface area contributed by atoms with Crippen LogP contribution in [0.5, 0.6) is 0 Å². The van der Waals surface area contributed by atoms with Gasteiger partial charge in [-0.05, 0) is 6.92 Å². The topological polar surface area (TPSA) is 42.0 Å². The maximum Gasteiger partial charge on any atom is 0.207 e. The first-order valence-corrected chi connectivity index (χ1v) is 3.73. The van der Waals surface area contributed by atoms with E-state index in [2.05, 4.69) is 10.3 Å². The van der Waals surface area contributed by atoms with Crippen molar-refractivity contribution in [2.24, 2.45) is 0 Å². The lowest BCUT2D eigenvalue weighted by atomic mass is 10.6. The van der Waals surface area contributed by atoms with Crippen LogP contribution in [-0.2, 0) is 11.3 Å². The molecule has 4 heteroatoms. The van der Waals surface area contributed by atoms with E-state index >= 15 is 0 Å². The third kappa shape index (κ3) is 1.80. The third-order valence-corrected chi connectivity index (χ3v) is 1.92. The van der Waals surface area contributed by atoms with Crippen LogP contribution in [0.4, 0.5) is 0 Å². The Morgan fingerprint density at radius 3 is 3.20 bits per heavy atom. The second-order valence-corrected chi connectivity index (χ2v) is 3.18. The number of rotatable bonds is 3. The molecule has 1 N–H and O–H groups in total. The molecule has 0 spiro atoms. The van der Waals surface area contributed by atoms with E-state index in [1.807, 2.05) is 6.92 Å². The van der Waals surface area contributed by atoms with Gasteiger partial charge in [0.05, 0.1) is 6.54 Å². The van der Waals surface area contributed by atoms with Gasteiger partial charge in [-0.25, -0.2) is 4.98 Å². The van der Waals surface area contributed by atoms with Crippen molar-refractivity contribution in [3.63, 3.8) is 0 Å². The molecule has 1 amide bonds. The summed E-state index contributed by atoms with van der Waals surface area (Å²) in [5.74, 6) is 0. The number of hydrogen-bond donors (Lipinski definition) is 1. The third-order valence-electron chi connectivity index (χ3n) is 1.01. The lowest BCUT2D eigenvalue weighted by Gasteiger charge is -1.89. The van der Waals surface area contributed by atoms with E-state index in [0.717, 1.165) is 5.01 Å². The molecular weight excluding hydrogens is 148 g/mol. The van der Waals surface area contributed by atoms with Gasteiger partial charge in [0, 0.05) is 11.1 Å².